The van der Waals surface area contributed by atoms with Crippen LogP contribution in [0.2, 0.25) is 0 Å². The quantitative estimate of drug-likeness (QED) is 0.104. The van der Waals surface area contributed by atoms with Crippen molar-refractivity contribution in [3.8, 4) is 0 Å². The molecule has 2 bridgehead atoms. The van der Waals surface area contributed by atoms with Crippen molar-refractivity contribution in [1.82, 2.24) is 4.90 Å². The van der Waals surface area contributed by atoms with Gasteiger partial charge in [0.2, 0.25) is 5.79 Å². The van der Waals surface area contributed by atoms with Crippen LogP contribution >= 0.6 is 0 Å². The molecule has 2 saturated heterocycles. The number of hydrogen-bond donors (Lipinski definition) is 4. The molecule has 0 aromatic heterocycles. The fourth-order valence-electron chi connectivity index (χ4n) is 11.5. The number of nitrogens with zero attached hydrogens (tertiary/aromatic N) is 2. The van der Waals surface area contributed by atoms with Gasteiger partial charge in [-0.3, -0.25) is 14.4 Å². The standard InChI is InChI=1S/C58H89N3O12/c1-37-18-12-10-13-19-38(2)48(60(30-31-69-7)45-20-14-11-15-21-45)36-46-26-23-42(6)58(68,73-46)55(65)56(66)61-29-17-16-22-47(61)57(67)72-50(39(3)33-43-24-27-49(62)51(35-43)70-8)28-25-44(59)34-41(5)53(64)54(71-9)52(63)40(4)32-37/h10-15,18-21,34,37,39-40,42-44,46-51,53-54,62,64,68H,16-17,22-33,35-36,59H2,1-9H3/b13-10+,18-12+,38-19+,41-34+/t37-,39-,40?,42?,43?,44+,46+,47?,48-,49-,50+,51?,53?,54+,58?/m1/s1. The van der Waals surface area contributed by atoms with Gasteiger partial charge < -0.3 is 54.5 Å². The maximum atomic E-state index is 14.6. The average molecular weight is 1020 g/mol. The van der Waals surface area contributed by atoms with E-state index in [2.05, 4.69) is 4.90 Å². The Bertz CT molecular complexity index is 2060. The smallest absolute Gasteiger partial charge is 0.329 e. The second-order valence-electron chi connectivity index (χ2n) is 21.7. The molecule has 4 aliphatic rings. The second-order valence-corrected chi connectivity index (χ2v) is 21.7. The van der Waals surface area contributed by atoms with E-state index in [9.17, 15) is 34.5 Å². The van der Waals surface area contributed by atoms with Crippen molar-refractivity contribution in [1.29, 1.82) is 0 Å². The summed E-state index contributed by atoms with van der Waals surface area (Å²) < 4.78 is 29.7. The number of methoxy groups -OCH3 is 3. The maximum Gasteiger partial charge on any atom is 0.329 e. The summed E-state index contributed by atoms with van der Waals surface area (Å²) in [4.78, 5) is 61.1. The highest BCUT2D eigenvalue weighted by Crippen LogP contribution is 2.39. The van der Waals surface area contributed by atoms with Crippen molar-refractivity contribution in [2.45, 2.75) is 186 Å². The van der Waals surface area contributed by atoms with Crippen molar-refractivity contribution in [3.63, 3.8) is 0 Å². The van der Waals surface area contributed by atoms with Crippen LogP contribution in [0.3, 0.4) is 0 Å². The summed E-state index contributed by atoms with van der Waals surface area (Å²) in [5, 5.41) is 34.4. The Morgan fingerprint density at radius 2 is 1.60 bits per heavy atom. The van der Waals surface area contributed by atoms with Gasteiger partial charge in [0, 0.05) is 58.0 Å². The number of nitrogens with two attached hydrogens (primary N) is 1. The van der Waals surface area contributed by atoms with Gasteiger partial charge in [0.25, 0.3) is 11.7 Å². The summed E-state index contributed by atoms with van der Waals surface area (Å²) in [7, 11) is 4.67. The molecule has 3 aliphatic heterocycles. The average Bonchev–Trinajstić information content (AvgIpc) is 3.38. The van der Waals surface area contributed by atoms with E-state index in [1.165, 1.54) is 12.0 Å². The third-order valence-corrected chi connectivity index (χ3v) is 16.1. The molecule has 0 spiro atoms. The van der Waals surface area contributed by atoms with Crippen LogP contribution in [0.4, 0.5) is 5.69 Å². The molecule has 1 saturated carbocycles. The molecule has 1 aromatic carbocycles. The van der Waals surface area contributed by atoms with Crippen LogP contribution < -0.4 is 10.6 Å². The Morgan fingerprint density at radius 1 is 0.863 bits per heavy atom. The van der Waals surface area contributed by atoms with Crippen LogP contribution in [-0.4, -0.2) is 145 Å². The predicted molar refractivity (Wildman–Crippen MR) is 282 cm³/mol. The van der Waals surface area contributed by atoms with E-state index in [1.54, 1.807) is 34.1 Å². The van der Waals surface area contributed by atoms with Crippen molar-refractivity contribution < 1.29 is 58.2 Å². The molecular formula is C58H89N3O12. The van der Waals surface area contributed by atoms with Crippen LogP contribution in [-0.2, 0) is 42.9 Å². The fraction of sp³-hybridized carbons (Fsp3) is 0.690. The number of cyclic esters (lactones) is 1. The summed E-state index contributed by atoms with van der Waals surface area (Å²) in [5.74, 6) is -6.44. The molecule has 3 fully saturated rings. The summed E-state index contributed by atoms with van der Waals surface area (Å²) in [5.41, 5.74) is 9.15. The number of amides is 1. The van der Waals surface area contributed by atoms with E-state index >= 15 is 0 Å². The van der Waals surface area contributed by atoms with Gasteiger partial charge in [0.15, 0.2) is 5.78 Å². The number of carbonyl (C=O) groups is 4. The number of ketones is 2. The first kappa shape index (κ1) is 59.8. The van der Waals surface area contributed by atoms with Gasteiger partial charge in [-0.25, -0.2) is 4.79 Å². The Hall–Kier alpha value is -4.06. The molecule has 408 valence electrons. The number of rotatable bonds is 10. The number of carbonyl (C=O) groups excluding carboxylic acids is 4. The lowest BCUT2D eigenvalue weighted by Crippen LogP contribution is -2.61. The highest BCUT2D eigenvalue weighted by Gasteiger charge is 2.53. The zero-order valence-electron chi connectivity index (χ0n) is 45.2. The Balaban J connectivity index is 1.52. The number of aliphatic hydroxyl groups is 3. The minimum absolute atomic E-state index is 0.0234. The van der Waals surface area contributed by atoms with Crippen LogP contribution in [0, 0.1) is 29.6 Å². The molecule has 3 heterocycles. The Kier molecular flexibility index (Phi) is 23.5. The van der Waals surface area contributed by atoms with Crippen molar-refractivity contribution in [2.24, 2.45) is 35.3 Å². The van der Waals surface area contributed by atoms with E-state index in [1.807, 2.05) is 88.4 Å². The third-order valence-electron chi connectivity index (χ3n) is 16.1. The number of piperidine rings is 1. The second kappa shape index (κ2) is 28.7. The highest BCUT2D eigenvalue weighted by molar-refractivity contribution is 6.39. The number of ether oxygens (including phenoxy) is 5. The van der Waals surface area contributed by atoms with Crippen molar-refractivity contribution in [2.75, 3.05) is 45.9 Å². The SMILES string of the molecule is COCCN(c1ccccc1)[C@@H]1C[C@@H]2CCC(C)C(O)(O2)C(=O)C(=O)N2CCCCC2C(=O)O[C@H]([C@H](C)CC2CC[C@@H](O)C(OC)C2)CC[C@H](N)/C=C(\C)C(O)[C@@H](OC)C(=O)C(C)C[C@H](C)/C=C/C=C/C=C/1C. The number of Topliss-reactive ketones (excluding diaryl/α,β-unsaturated/α-hetero) is 2. The lowest BCUT2D eigenvalue weighted by atomic mass is 9.78. The van der Waals surface area contributed by atoms with Gasteiger partial charge in [-0.1, -0.05) is 87.9 Å². The molecular weight excluding hydrogens is 931 g/mol. The van der Waals surface area contributed by atoms with Gasteiger partial charge in [-0.2, -0.15) is 0 Å². The number of para-hydroxylation sites is 1. The number of fused-ring (bicyclic) bond motifs is 3. The zero-order chi connectivity index (χ0) is 53.4. The topological polar surface area (TPSA) is 208 Å². The van der Waals surface area contributed by atoms with Gasteiger partial charge >= 0.3 is 5.97 Å². The first-order valence-corrected chi connectivity index (χ1v) is 27.0. The maximum absolute atomic E-state index is 14.6. The van der Waals surface area contributed by atoms with E-state index < -0.39 is 77.9 Å². The molecule has 15 nitrogen and oxygen atoms in total. The normalized spacial score (nSPS) is 37.2. The largest absolute Gasteiger partial charge is 0.461 e. The monoisotopic (exact) mass is 1020 g/mol. The van der Waals surface area contributed by atoms with E-state index in [4.69, 9.17) is 29.4 Å². The number of benzene rings is 1. The minimum atomic E-state index is -2.44. The van der Waals surface area contributed by atoms with Gasteiger partial charge in [-0.05, 0) is 133 Å². The van der Waals surface area contributed by atoms with Crippen LogP contribution in [0.15, 0.2) is 77.9 Å². The molecule has 73 heavy (non-hydrogen) atoms. The van der Waals surface area contributed by atoms with Gasteiger partial charge in [0.05, 0.1) is 31.0 Å². The molecule has 15 atom stereocenters. The van der Waals surface area contributed by atoms with Crippen LogP contribution in [0.1, 0.15) is 125 Å². The van der Waals surface area contributed by atoms with E-state index in [0.717, 1.165) is 17.7 Å². The van der Waals surface area contributed by atoms with E-state index in [0.29, 0.717) is 89.4 Å². The number of hydrogen-bond acceptors (Lipinski definition) is 14. The minimum Gasteiger partial charge on any atom is -0.461 e. The first-order chi connectivity index (χ1) is 34.8. The molecule has 5 N–H and O–H groups in total. The molecule has 0 radical (unpaired) electrons. The molecule has 5 rings (SSSR count). The zero-order valence-corrected chi connectivity index (χ0v) is 45.2. The lowest BCUT2D eigenvalue weighted by molar-refractivity contribution is -0.263. The van der Waals surface area contributed by atoms with Crippen molar-refractivity contribution >= 4 is 29.1 Å². The van der Waals surface area contributed by atoms with Gasteiger partial charge in [0.1, 0.15) is 24.4 Å². The summed E-state index contributed by atoms with van der Waals surface area (Å²) in [6.07, 6.45) is 13.9. The Labute approximate surface area is 435 Å². The van der Waals surface area contributed by atoms with Crippen LogP contribution in [0.25, 0.3) is 0 Å². The number of allylic oxidation sites excluding steroid dienone is 5. The highest BCUT2D eigenvalue weighted by atomic mass is 16.6. The fourth-order valence-corrected chi connectivity index (χ4v) is 11.5. The number of esters is 1. The third kappa shape index (κ3) is 16.2. The summed E-state index contributed by atoms with van der Waals surface area (Å²) >= 11 is 0. The molecule has 1 amide bonds. The summed E-state index contributed by atoms with van der Waals surface area (Å²) in [6.45, 7) is 12.5. The predicted octanol–water partition coefficient (Wildman–Crippen LogP) is 7.20. The molecule has 1 aromatic rings. The van der Waals surface area contributed by atoms with Crippen molar-refractivity contribution in [3.05, 3.63) is 77.9 Å². The number of aliphatic hydroxyl groups excluding tert-OH is 2. The van der Waals surface area contributed by atoms with Crippen LogP contribution in [0.5, 0.6) is 0 Å². The Morgan fingerprint density at radius 3 is 2.30 bits per heavy atom. The first-order valence-electron chi connectivity index (χ1n) is 27.0. The molecule has 15 heteroatoms. The lowest BCUT2D eigenvalue weighted by Gasteiger charge is -2.44. The summed E-state index contributed by atoms with van der Waals surface area (Å²) in [6, 6.07) is 8.03. The van der Waals surface area contributed by atoms with E-state index in [-0.39, 0.29) is 48.6 Å². The number of anilines is 1. The molecule has 7 unspecified atom stereocenters. The molecule has 1 aliphatic carbocycles. The van der Waals surface area contributed by atoms with Gasteiger partial charge in [-0.15, -0.1) is 0 Å².